The number of hydrogen-bond donors (Lipinski definition) is 1. The van der Waals surface area contributed by atoms with Crippen molar-refractivity contribution in [1.29, 1.82) is 0 Å². The molecule has 0 fully saturated rings. The Morgan fingerprint density at radius 1 is 1.00 bits per heavy atom. The molecule has 0 aliphatic heterocycles. The van der Waals surface area contributed by atoms with Crippen molar-refractivity contribution < 1.29 is 9.15 Å². The molecule has 0 radical (unpaired) electrons. The van der Waals surface area contributed by atoms with E-state index in [1.54, 1.807) is 0 Å². The van der Waals surface area contributed by atoms with Gasteiger partial charge in [0.15, 0.2) is 0 Å². The van der Waals surface area contributed by atoms with E-state index in [2.05, 4.69) is 12.2 Å². The lowest BCUT2D eigenvalue weighted by molar-refractivity contribution is 0.242. The topological polar surface area (TPSA) is 34.4 Å². The van der Waals surface area contributed by atoms with Crippen molar-refractivity contribution in [2.24, 2.45) is 0 Å². The average molecular weight is 259 g/mol. The van der Waals surface area contributed by atoms with E-state index in [1.165, 1.54) is 0 Å². The summed E-state index contributed by atoms with van der Waals surface area (Å²) in [6, 6.07) is 12.1. The van der Waals surface area contributed by atoms with Crippen molar-refractivity contribution in [3.05, 3.63) is 47.9 Å². The van der Waals surface area contributed by atoms with Crippen molar-refractivity contribution in [2.75, 3.05) is 5.32 Å². The van der Waals surface area contributed by atoms with Gasteiger partial charge in [-0.1, -0.05) is 0 Å². The molecule has 0 bridgehead atoms. The Morgan fingerprint density at radius 2 is 1.68 bits per heavy atom. The highest BCUT2D eigenvalue weighted by molar-refractivity contribution is 5.47. The first-order chi connectivity index (χ1) is 9.04. The summed E-state index contributed by atoms with van der Waals surface area (Å²) in [5.74, 6) is 2.77. The molecule has 1 aromatic carbocycles. The first-order valence-corrected chi connectivity index (χ1v) is 6.64. The quantitative estimate of drug-likeness (QED) is 0.855. The number of rotatable bonds is 5. The minimum absolute atomic E-state index is 0.144. The highest BCUT2D eigenvalue weighted by Crippen LogP contribution is 2.23. The lowest BCUT2D eigenvalue weighted by Gasteiger charge is -2.14. The minimum atomic E-state index is 0.144. The van der Waals surface area contributed by atoms with Gasteiger partial charge in [0.05, 0.1) is 12.1 Å². The zero-order valence-corrected chi connectivity index (χ0v) is 11.9. The molecule has 0 amide bonds. The predicted octanol–water partition coefficient (Wildman–Crippen LogP) is 4.55. The Hall–Kier alpha value is -1.90. The number of benzene rings is 1. The third-order valence-corrected chi connectivity index (χ3v) is 2.80. The summed E-state index contributed by atoms with van der Waals surface area (Å²) in [5.41, 5.74) is 1.05. The van der Waals surface area contributed by atoms with E-state index < -0.39 is 0 Å². The fourth-order valence-electron chi connectivity index (χ4n) is 1.91. The molecule has 1 aromatic heterocycles. The first-order valence-electron chi connectivity index (χ1n) is 6.64. The number of ether oxygens (including phenoxy) is 1. The van der Waals surface area contributed by atoms with Gasteiger partial charge in [-0.3, -0.25) is 0 Å². The van der Waals surface area contributed by atoms with Gasteiger partial charge in [-0.05, 0) is 64.1 Å². The third-order valence-electron chi connectivity index (χ3n) is 2.80. The van der Waals surface area contributed by atoms with Crippen molar-refractivity contribution in [2.45, 2.75) is 39.8 Å². The van der Waals surface area contributed by atoms with Crippen molar-refractivity contribution >= 4 is 5.69 Å². The van der Waals surface area contributed by atoms with Crippen molar-refractivity contribution in [3.63, 3.8) is 0 Å². The zero-order valence-electron chi connectivity index (χ0n) is 11.9. The molecule has 102 valence electrons. The van der Waals surface area contributed by atoms with Crippen LogP contribution in [-0.4, -0.2) is 6.10 Å². The summed E-state index contributed by atoms with van der Waals surface area (Å²) in [5, 5.41) is 3.40. The second-order valence-corrected chi connectivity index (χ2v) is 5.01. The third kappa shape index (κ3) is 3.78. The minimum Gasteiger partial charge on any atom is -0.491 e. The summed E-state index contributed by atoms with van der Waals surface area (Å²) in [4.78, 5) is 0. The van der Waals surface area contributed by atoms with Crippen LogP contribution in [0.2, 0.25) is 0 Å². The molecule has 2 rings (SSSR count). The van der Waals surface area contributed by atoms with Crippen molar-refractivity contribution in [3.8, 4) is 5.75 Å². The maximum absolute atomic E-state index is 5.62. The molecule has 0 saturated heterocycles. The van der Waals surface area contributed by atoms with Gasteiger partial charge in [-0.25, -0.2) is 0 Å². The molecule has 0 aliphatic carbocycles. The van der Waals surface area contributed by atoms with Crippen LogP contribution < -0.4 is 10.1 Å². The smallest absolute Gasteiger partial charge is 0.126 e. The van der Waals surface area contributed by atoms with E-state index in [0.717, 1.165) is 23.0 Å². The number of aryl methyl sites for hydroxylation is 1. The second kappa shape index (κ2) is 5.83. The molecule has 3 heteroatoms. The summed E-state index contributed by atoms with van der Waals surface area (Å²) in [6.45, 7) is 8.08. The van der Waals surface area contributed by atoms with Crippen LogP contribution in [0.25, 0.3) is 0 Å². The standard InChI is InChI=1S/C16H21NO2/c1-11(2)18-15-8-6-14(7-9-15)17-13(4)16-10-5-12(3)19-16/h5-11,13,17H,1-4H3. The number of nitrogens with one attached hydrogen (secondary N) is 1. The van der Waals surface area contributed by atoms with Crippen LogP contribution in [0.1, 0.15) is 38.3 Å². The molecule has 2 aromatic rings. The van der Waals surface area contributed by atoms with Gasteiger partial charge >= 0.3 is 0 Å². The van der Waals surface area contributed by atoms with Gasteiger partial charge in [-0.2, -0.15) is 0 Å². The lowest BCUT2D eigenvalue weighted by Crippen LogP contribution is -2.07. The second-order valence-electron chi connectivity index (χ2n) is 5.01. The first kappa shape index (κ1) is 13.5. The zero-order chi connectivity index (χ0) is 13.8. The molecular formula is C16H21NO2. The van der Waals surface area contributed by atoms with Gasteiger partial charge in [-0.15, -0.1) is 0 Å². The van der Waals surface area contributed by atoms with Crippen LogP contribution in [0.15, 0.2) is 40.8 Å². The van der Waals surface area contributed by atoms with E-state index >= 15 is 0 Å². The number of furan rings is 1. The van der Waals surface area contributed by atoms with E-state index in [4.69, 9.17) is 9.15 Å². The summed E-state index contributed by atoms with van der Waals surface area (Å²) >= 11 is 0. The summed E-state index contributed by atoms with van der Waals surface area (Å²) in [7, 11) is 0. The van der Waals surface area contributed by atoms with E-state index in [1.807, 2.05) is 57.2 Å². The SMILES string of the molecule is Cc1ccc(C(C)Nc2ccc(OC(C)C)cc2)o1. The highest BCUT2D eigenvalue weighted by Gasteiger charge is 2.09. The molecule has 1 unspecified atom stereocenters. The summed E-state index contributed by atoms with van der Waals surface area (Å²) < 4.78 is 11.2. The maximum atomic E-state index is 5.62. The number of hydrogen-bond acceptors (Lipinski definition) is 3. The molecule has 1 N–H and O–H groups in total. The van der Waals surface area contributed by atoms with Gasteiger partial charge in [0.25, 0.3) is 0 Å². The van der Waals surface area contributed by atoms with Crippen LogP contribution in [0.5, 0.6) is 5.75 Å². The molecule has 19 heavy (non-hydrogen) atoms. The van der Waals surface area contributed by atoms with E-state index in [-0.39, 0.29) is 12.1 Å². The fourth-order valence-corrected chi connectivity index (χ4v) is 1.91. The molecule has 0 saturated carbocycles. The molecule has 1 heterocycles. The molecule has 0 aliphatic rings. The fraction of sp³-hybridized carbons (Fsp3) is 0.375. The monoisotopic (exact) mass is 259 g/mol. The van der Waals surface area contributed by atoms with Crippen LogP contribution in [0.4, 0.5) is 5.69 Å². The Kier molecular flexibility index (Phi) is 4.15. The molecule has 3 nitrogen and oxygen atoms in total. The lowest BCUT2D eigenvalue weighted by atomic mass is 10.2. The molecular weight excluding hydrogens is 238 g/mol. The van der Waals surface area contributed by atoms with Crippen LogP contribution in [-0.2, 0) is 0 Å². The van der Waals surface area contributed by atoms with Gasteiger partial charge in [0, 0.05) is 5.69 Å². The largest absolute Gasteiger partial charge is 0.491 e. The van der Waals surface area contributed by atoms with Crippen molar-refractivity contribution in [1.82, 2.24) is 0 Å². The van der Waals surface area contributed by atoms with Crippen LogP contribution >= 0.6 is 0 Å². The normalized spacial score (nSPS) is 12.5. The summed E-state index contributed by atoms with van der Waals surface area (Å²) in [6.07, 6.45) is 0.198. The highest BCUT2D eigenvalue weighted by atomic mass is 16.5. The Morgan fingerprint density at radius 3 is 2.21 bits per heavy atom. The van der Waals surface area contributed by atoms with Gasteiger partial charge in [0.2, 0.25) is 0 Å². The number of anilines is 1. The molecule has 1 atom stereocenters. The molecule has 0 spiro atoms. The van der Waals surface area contributed by atoms with Crippen LogP contribution in [0.3, 0.4) is 0 Å². The van der Waals surface area contributed by atoms with Gasteiger partial charge < -0.3 is 14.5 Å². The van der Waals surface area contributed by atoms with E-state index in [0.29, 0.717) is 0 Å². The Bertz CT molecular complexity index is 514. The van der Waals surface area contributed by atoms with Crippen LogP contribution in [0, 0.1) is 6.92 Å². The maximum Gasteiger partial charge on any atom is 0.126 e. The van der Waals surface area contributed by atoms with E-state index in [9.17, 15) is 0 Å². The Labute approximate surface area is 114 Å². The Balaban J connectivity index is 1.99. The average Bonchev–Trinajstić information content (AvgIpc) is 2.78. The van der Waals surface area contributed by atoms with Gasteiger partial charge in [0.1, 0.15) is 17.3 Å². The predicted molar refractivity (Wildman–Crippen MR) is 77.7 cm³/mol.